The van der Waals surface area contributed by atoms with E-state index in [1.807, 2.05) is 6.92 Å². The van der Waals surface area contributed by atoms with Crippen LogP contribution in [0.4, 0.5) is 13.2 Å². The first-order valence-corrected chi connectivity index (χ1v) is 5.38. The number of rotatable bonds is 7. The molecule has 92 valence electrons. The van der Waals surface area contributed by atoms with Gasteiger partial charge in [-0.25, -0.2) is 0 Å². The molecule has 0 aliphatic carbocycles. The van der Waals surface area contributed by atoms with Crippen molar-refractivity contribution in [3.8, 4) is 0 Å². The minimum Gasteiger partial charge on any atom is -0.315 e. The molecular weight excluding hydrogens is 205 g/mol. The van der Waals surface area contributed by atoms with Gasteiger partial charge in [0.25, 0.3) is 0 Å². The Labute approximate surface area is 89.8 Å². The summed E-state index contributed by atoms with van der Waals surface area (Å²) in [6, 6.07) is -0.0740. The smallest absolute Gasteiger partial charge is 0.315 e. The van der Waals surface area contributed by atoms with Crippen LogP contribution in [0.25, 0.3) is 0 Å². The van der Waals surface area contributed by atoms with Crippen LogP contribution in [0.15, 0.2) is 0 Å². The molecule has 0 atom stereocenters. The van der Waals surface area contributed by atoms with Crippen molar-refractivity contribution in [3.63, 3.8) is 0 Å². The normalized spacial score (nSPS) is 12.8. The summed E-state index contributed by atoms with van der Waals surface area (Å²) in [5.74, 6) is 0. The van der Waals surface area contributed by atoms with Gasteiger partial charge in [-0.05, 0) is 26.8 Å². The van der Waals surface area contributed by atoms with Crippen molar-refractivity contribution in [2.24, 2.45) is 0 Å². The van der Waals surface area contributed by atoms with Crippen molar-refractivity contribution in [1.29, 1.82) is 0 Å². The molecule has 0 aromatic heterocycles. The molecule has 0 aromatic carbocycles. The maximum atomic E-state index is 12.2. The number of halogens is 3. The van der Waals surface area contributed by atoms with Gasteiger partial charge in [0.2, 0.25) is 0 Å². The first-order valence-electron chi connectivity index (χ1n) is 5.38. The molecule has 0 bridgehead atoms. The molecule has 0 amide bonds. The third kappa shape index (κ3) is 8.69. The lowest BCUT2D eigenvalue weighted by Crippen LogP contribution is -2.42. The van der Waals surface area contributed by atoms with Crippen LogP contribution in [-0.2, 0) is 0 Å². The number of nitrogens with one attached hydrogen (secondary N) is 1. The average Bonchev–Trinajstić information content (AvgIpc) is 2.08. The Balaban J connectivity index is 3.84. The highest BCUT2D eigenvalue weighted by molar-refractivity contribution is 4.68. The third-order valence-electron chi connectivity index (χ3n) is 2.12. The molecule has 0 saturated carbocycles. The zero-order valence-corrected chi connectivity index (χ0v) is 9.69. The van der Waals surface area contributed by atoms with E-state index in [4.69, 9.17) is 0 Å². The van der Waals surface area contributed by atoms with Gasteiger partial charge in [-0.15, -0.1) is 0 Å². The quantitative estimate of drug-likeness (QED) is 0.670. The van der Waals surface area contributed by atoms with Gasteiger partial charge in [0.15, 0.2) is 0 Å². The summed E-state index contributed by atoms with van der Waals surface area (Å²) >= 11 is 0. The van der Waals surface area contributed by atoms with Gasteiger partial charge in [-0.2, -0.15) is 13.2 Å². The summed E-state index contributed by atoms with van der Waals surface area (Å²) in [4.78, 5) is 1.43. The number of hydrogen-bond acceptors (Lipinski definition) is 2. The van der Waals surface area contributed by atoms with Gasteiger partial charge in [-0.1, -0.05) is 6.92 Å². The summed E-state index contributed by atoms with van der Waals surface area (Å²) in [6.07, 6.45) is -3.10. The highest BCUT2D eigenvalue weighted by atomic mass is 19.4. The Kier molecular flexibility index (Phi) is 6.92. The van der Waals surface area contributed by atoms with Gasteiger partial charge in [-0.3, -0.25) is 4.90 Å². The van der Waals surface area contributed by atoms with E-state index in [9.17, 15) is 13.2 Å². The second-order valence-corrected chi connectivity index (χ2v) is 3.93. The van der Waals surface area contributed by atoms with Crippen LogP contribution in [0.3, 0.4) is 0 Å². The standard InChI is InChI=1S/C10H21F3N2/c1-4-5-14-6-7-15(9(2)3)8-10(11,12)13/h9,14H,4-8H2,1-3H3. The highest BCUT2D eigenvalue weighted by Crippen LogP contribution is 2.17. The molecule has 0 aliphatic heterocycles. The maximum absolute atomic E-state index is 12.2. The van der Waals surface area contributed by atoms with Crippen LogP contribution in [0.5, 0.6) is 0 Å². The van der Waals surface area contributed by atoms with E-state index < -0.39 is 12.7 Å². The van der Waals surface area contributed by atoms with Gasteiger partial charge >= 0.3 is 6.18 Å². The summed E-state index contributed by atoms with van der Waals surface area (Å²) in [5.41, 5.74) is 0. The molecule has 0 heterocycles. The molecule has 0 saturated heterocycles. The molecule has 0 aromatic rings. The zero-order valence-electron chi connectivity index (χ0n) is 9.69. The van der Waals surface area contributed by atoms with Crippen LogP contribution < -0.4 is 5.32 Å². The fourth-order valence-electron chi connectivity index (χ4n) is 1.27. The average molecular weight is 226 g/mol. The van der Waals surface area contributed by atoms with Crippen LogP contribution in [0.2, 0.25) is 0 Å². The monoisotopic (exact) mass is 226 g/mol. The summed E-state index contributed by atoms with van der Waals surface area (Å²) in [6.45, 7) is 6.69. The molecule has 0 rings (SSSR count). The zero-order chi connectivity index (χ0) is 11.9. The second-order valence-electron chi connectivity index (χ2n) is 3.93. The van der Waals surface area contributed by atoms with Gasteiger partial charge in [0.1, 0.15) is 0 Å². The molecule has 5 heteroatoms. The Morgan fingerprint density at radius 1 is 1.20 bits per heavy atom. The van der Waals surface area contributed by atoms with Crippen molar-refractivity contribution in [2.45, 2.75) is 39.4 Å². The van der Waals surface area contributed by atoms with Gasteiger partial charge in [0.05, 0.1) is 6.54 Å². The lowest BCUT2D eigenvalue weighted by atomic mass is 10.3. The van der Waals surface area contributed by atoms with Crippen molar-refractivity contribution in [3.05, 3.63) is 0 Å². The Morgan fingerprint density at radius 3 is 2.20 bits per heavy atom. The van der Waals surface area contributed by atoms with E-state index in [2.05, 4.69) is 5.32 Å². The maximum Gasteiger partial charge on any atom is 0.401 e. The van der Waals surface area contributed by atoms with Crippen LogP contribution in [0.1, 0.15) is 27.2 Å². The SMILES string of the molecule is CCCNCCN(CC(F)(F)F)C(C)C. The van der Waals surface area contributed by atoms with Gasteiger partial charge in [0, 0.05) is 19.1 Å². The fraction of sp³-hybridized carbons (Fsp3) is 1.00. The molecule has 1 N–H and O–H groups in total. The molecule has 0 radical (unpaired) electrons. The molecule has 2 nitrogen and oxygen atoms in total. The van der Waals surface area contributed by atoms with Gasteiger partial charge < -0.3 is 5.32 Å². The lowest BCUT2D eigenvalue weighted by molar-refractivity contribution is -0.149. The first-order chi connectivity index (χ1) is 6.87. The highest BCUT2D eigenvalue weighted by Gasteiger charge is 2.31. The predicted molar refractivity (Wildman–Crippen MR) is 55.9 cm³/mol. The number of alkyl halides is 3. The second kappa shape index (κ2) is 7.06. The molecular formula is C10H21F3N2. The minimum absolute atomic E-state index is 0.0740. The van der Waals surface area contributed by atoms with E-state index in [-0.39, 0.29) is 6.04 Å². The van der Waals surface area contributed by atoms with E-state index in [0.29, 0.717) is 13.1 Å². The Hall–Kier alpha value is -0.290. The van der Waals surface area contributed by atoms with Crippen LogP contribution in [0, 0.1) is 0 Å². The molecule has 0 spiro atoms. The van der Waals surface area contributed by atoms with Crippen molar-refractivity contribution < 1.29 is 13.2 Å². The largest absolute Gasteiger partial charge is 0.401 e. The number of nitrogens with zero attached hydrogens (tertiary/aromatic N) is 1. The fourth-order valence-corrected chi connectivity index (χ4v) is 1.27. The molecule has 0 fully saturated rings. The Morgan fingerprint density at radius 2 is 1.80 bits per heavy atom. The number of hydrogen-bond donors (Lipinski definition) is 1. The minimum atomic E-state index is -4.10. The third-order valence-corrected chi connectivity index (χ3v) is 2.12. The summed E-state index contributed by atoms with van der Waals surface area (Å²) < 4.78 is 36.5. The van der Waals surface area contributed by atoms with E-state index in [1.165, 1.54) is 4.90 Å². The van der Waals surface area contributed by atoms with Crippen LogP contribution >= 0.6 is 0 Å². The van der Waals surface area contributed by atoms with E-state index in [1.54, 1.807) is 13.8 Å². The Bertz CT molecular complexity index is 157. The summed E-state index contributed by atoms with van der Waals surface area (Å²) in [5, 5.41) is 3.10. The topological polar surface area (TPSA) is 15.3 Å². The first kappa shape index (κ1) is 14.7. The van der Waals surface area contributed by atoms with Crippen molar-refractivity contribution in [2.75, 3.05) is 26.2 Å². The molecule has 15 heavy (non-hydrogen) atoms. The predicted octanol–water partition coefficient (Wildman–Crippen LogP) is 2.26. The van der Waals surface area contributed by atoms with Crippen LogP contribution in [-0.4, -0.2) is 43.3 Å². The molecule has 0 unspecified atom stereocenters. The van der Waals surface area contributed by atoms with Crippen molar-refractivity contribution in [1.82, 2.24) is 10.2 Å². The van der Waals surface area contributed by atoms with E-state index in [0.717, 1.165) is 13.0 Å². The van der Waals surface area contributed by atoms with Crippen molar-refractivity contribution >= 4 is 0 Å². The lowest BCUT2D eigenvalue weighted by Gasteiger charge is -2.27. The van der Waals surface area contributed by atoms with E-state index >= 15 is 0 Å². The summed E-state index contributed by atoms with van der Waals surface area (Å²) in [7, 11) is 0. The molecule has 0 aliphatic rings.